The first-order valence-electron chi connectivity index (χ1n) is 5.46. The van der Waals surface area contributed by atoms with Crippen LogP contribution in [0.4, 0.5) is 9.18 Å². The predicted molar refractivity (Wildman–Crippen MR) is 66.3 cm³/mol. The molecule has 112 valence electrons. The smallest absolute Gasteiger partial charge is 0.410 e. The summed E-state index contributed by atoms with van der Waals surface area (Å²) in [6.45, 7) is 5.85. The highest BCUT2D eigenvalue weighted by molar-refractivity contribution is 5.81. The van der Waals surface area contributed by atoms with Gasteiger partial charge < -0.3 is 19.5 Å². The Labute approximate surface area is 115 Å². The van der Waals surface area contributed by atoms with E-state index in [0.717, 1.165) is 12.2 Å². The molecular weight excluding hydrogens is 273 g/mol. The van der Waals surface area contributed by atoms with Crippen molar-refractivity contribution >= 4 is 18.0 Å². The van der Waals surface area contributed by atoms with Crippen LogP contribution in [-0.2, 0) is 23.8 Å². The molecule has 8 heteroatoms. The molecule has 0 aliphatic heterocycles. The Morgan fingerprint density at radius 1 is 1.10 bits per heavy atom. The first kappa shape index (κ1) is 17.6. The molecule has 1 N–H and O–H groups in total. The maximum absolute atomic E-state index is 11.9. The molecule has 0 saturated heterocycles. The van der Waals surface area contributed by atoms with Crippen LogP contribution in [0.2, 0.25) is 0 Å². The van der Waals surface area contributed by atoms with E-state index in [1.165, 1.54) is 6.92 Å². The van der Waals surface area contributed by atoms with Gasteiger partial charge in [0.2, 0.25) is 6.86 Å². The van der Waals surface area contributed by atoms with Crippen LogP contribution in [0.3, 0.4) is 0 Å². The Hall–Kier alpha value is -2.38. The first-order chi connectivity index (χ1) is 9.36. The van der Waals surface area contributed by atoms with Crippen molar-refractivity contribution in [3.05, 3.63) is 25.3 Å². The molecular formula is C12H16FNO6. The van der Waals surface area contributed by atoms with Gasteiger partial charge in [-0.1, -0.05) is 13.2 Å². The average molecular weight is 289 g/mol. The number of esters is 2. The van der Waals surface area contributed by atoms with Gasteiger partial charge in [0.15, 0.2) is 0 Å². The van der Waals surface area contributed by atoms with Gasteiger partial charge in [-0.2, -0.15) is 0 Å². The summed E-state index contributed by atoms with van der Waals surface area (Å²) in [7, 11) is 0. The van der Waals surface area contributed by atoms with Crippen molar-refractivity contribution in [3.8, 4) is 0 Å². The van der Waals surface area contributed by atoms with Gasteiger partial charge in [0.1, 0.15) is 18.8 Å². The Morgan fingerprint density at radius 2 is 1.55 bits per heavy atom. The molecule has 20 heavy (non-hydrogen) atoms. The van der Waals surface area contributed by atoms with Crippen molar-refractivity contribution in [1.29, 1.82) is 0 Å². The maximum atomic E-state index is 11.9. The Morgan fingerprint density at radius 3 is 1.90 bits per heavy atom. The number of nitrogens with one attached hydrogen (secondary N) is 1. The molecule has 0 unspecified atom stereocenters. The van der Waals surface area contributed by atoms with Gasteiger partial charge in [-0.25, -0.2) is 18.8 Å². The molecule has 0 rings (SSSR count). The first-order valence-corrected chi connectivity index (χ1v) is 5.46. The zero-order chi connectivity index (χ0) is 15.6. The third-order valence-corrected chi connectivity index (χ3v) is 1.99. The normalized spacial score (nSPS) is 10.1. The van der Waals surface area contributed by atoms with E-state index in [4.69, 9.17) is 9.47 Å². The summed E-state index contributed by atoms with van der Waals surface area (Å²) >= 11 is 0. The van der Waals surface area contributed by atoms with Crippen LogP contribution < -0.4 is 5.32 Å². The Balaban J connectivity index is 4.67. The van der Waals surface area contributed by atoms with Crippen molar-refractivity contribution in [1.82, 2.24) is 5.32 Å². The van der Waals surface area contributed by atoms with Crippen molar-refractivity contribution in [2.24, 2.45) is 0 Å². The van der Waals surface area contributed by atoms with Crippen LogP contribution in [0.25, 0.3) is 0 Å². The van der Waals surface area contributed by atoms with Gasteiger partial charge in [-0.3, -0.25) is 0 Å². The lowest BCUT2D eigenvalue weighted by Gasteiger charge is -2.28. The molecule has 0 aliphatic carbocycles. The SMILES string of the molecule is C=CC(=O)OCC(C)(COC(=O)C=C)NC(=O)OCF. The zero-order valence-corrected chi connectivity index (χ0v) is 11.0. The van der Waals surface area contributed by atoms with Crippen LogP contribution in [0, 0.1) is 0 Å². The lowest BCUT2D eigenvalue weighted by atomic mass is 10.1. The van der Waals surface area contributed by atoms with Crippen LogP contribution >= 0.6 is 0 Å². The summed E-state index contributed by atoms with van der Waals surface area (Å²) in [5.41, 5.74) is -1.29. The monoisotopic (exact) mass is 289 g/mol. The molecule has 0 aromatic rings. The van der Waals surface area contributed by atoms with Gasteiger partial charge >= 0.3 is 18.0 Å². The quantitative estimate of drug-likeness (QED) is 0.405. The second kappa shape index (κ2) is 8.68. The lowest BCUT2D eigenvalue weighted by molar-refractivity contribution is -0.144. The summed E-state index contributed by atoms with van der Waals surface area (Å²) in [5.74, 6) is -1.46. The molecule has 0 radical (unpaired) electrons. The summed E-state index contributed by atoms with van der Waals surface area (Å²) in [6, 6.07) is 0. The molecule has 0 aliphatic rings. The average Bonchev–Trinajstić information content (AvgIpc) is 2.42. The van der Waals surface area contributed by atoms with E-state index < -0.39 is 30.4 Å². The number of halogens is 1. The van der Waals surface area contributed by atoms with Crippen LogP contribution in [0.15, 0.2) is 25.3 Å². The van der Waals surface area contributed by atoms with Gasteiger partial charge in [-0.15, -0.1) is 0 Å². The highest BCUT2D eigenvalue weighted by Gasteiger charge is 2.30. The van der Waals surface area contributed by atoms with Gasteiger partial charge in [-0.05, 0) is 6.92 Å². The molecule has 0 heterocycles. The number of alkyl carbamates (subject to hydrolysis) is 1. The van der Waals surface area contributed by atoms with E-state index in [1.807, 2.05) is 0 Å². The van der Waals surface area contributed by atoms with Crippen molar-refractivity contribution in [2.75, 3.05) is 20.1 Å². The minimum atomic E-state index is -1.32. The second-order valence-electron chi connectivity index (χ2n) is 3.85. The summed E-state index contributed by atoms with van der Waals surface area (Å²) in [4.78, 5) is 33.2. The highest BCUT2D eigenvalue weighted by Crippen LogP contribution is 2.07. The molecule has 0 bridgehead atoms. The maximum Gasteiger partial charge on any atom is 0.410 e. The van der Waals surface area contributed by atoms with Crippen molar-refractivity contribution < 1.29 is 33.0 Å². The van der Waals surface area contributed by atoms with E-state index >= 15 is 0 Å². The fraction of sp³-hybridized carbons (Fsp3) is 0.417. The molecule has 0 aromatic heterocycles. The van der Waals surface area contributed by atoms with E-state index in [0.29, 0.717) is 0 Å². The number of carbonyl (C=O) groups is 3. The third-order valence-electron chi connectivity index (χ3n) is 1.99. The van der Waals surface area contributed by atoms with Crippen molar-refractivity contribution in [2.45, 2.75) is 12.5 Å². The number of alkyl halides is 1. The van der Waals surface area contributed by atoms with Crippen LogP contribution in [-0.4, -0.2) is 43.6 Å². The highest BCUT2D eigenvalue weighted by atomic mass is 19.1. The Bertz CT molecular complexity index is 371. The summed E-state index contributed by atoms with van der Waals surface area (Å²) < 4.78 is 25.5. The molecule has 0 atom stereocenters. The van der Waals surface area contributed by atoms with Gasteiger partial charge in [0.25, 0.3) is 0 Å². The van der Waals surface area contributed by atoms with Gasteiger partial charge in [0, 0.05) is 12.2 Å². The van der Waals surface area contributed by atoms with Crippen LogP contribution in [0.5, 0.6) is 0 Å². The summed E-state index contributed by atoms with van der Waals surface area (Å²) in [5, 5.41) is 2.23. The molecule has 0 aromatic carbocycles. The third kappa shape index (κ3) is 7.14. The fourth-order valence-electron chi connectivity index (χ4n) is 1.02. The zero-order valence-electron chi connectivity index (χ0n) is 11.0. The molecule has 7 nitrogen and oxygen atoms in total. The second-order valence-corrected chi connectivity index (χ2v) is 3.85. The molecule has 0 spiro atoms. The summed E-state index contributed by atoms with van der Waals surface area (Å²) in [6.07, 6.45) is 0.769. The molecule has 0 fully saturated rings. The van der Waals surface area contributed by atoms with E-state index in [-0.39, 0.29) is 13.2 Å². The standard InChI is InChI=1S/C12H16FNO6/c1-4-9(15)18-6-12(3,7-19-10(16)5-2)14-11(17)20-8-13/h4-5H,1-2,6-8H2,3H3,(H,14,17). The fourth-order valence-corrected chi connectivity index (χ4v) is 1.02. The number of carbonyl (C=O) groups excluding carboxylic acids is 3. The topological polar surface area (TPSA) is 90.9 Å². The van der Waals surface area contributed by atoms with Crippen molar-refractivity contribution in [3.63, 3.8) is 0 Å². The predicted octanol–water partition coefficient (Wildman–Crippen LogP) is 0.857. The minimum Gasteiger partial charge on any atom is -0.460 e. The number of amides is 1. The van der Waals surface area contributed by atoms with E-state index in [1.54, 1.807) is 0 Å². The number of hydrogen-bond donors (Lipinski definition) is 1. The van der Waals surface area contributed by atoms with Gasteiger partial charge in [0.05, 0.1) is 0 Å². The number of hydrogen-bond acceptors (Lipinski definition) is 6. The Kier molecular flexibility index (Phi) is 7.64. The molecule has 1 amide bonds. The number of rotatable bonds is 8. The minimum absolute atomic E-state index is 0.330. The van der Waals surface area contributed by atoms with Crippen LogP contribution in [0.1, 0.15) is 6.92 Å². The number of ether oxygens (including phenoxy) is 3. The van der Waals surface area contributed by atoms with E-state index in [9.17, 15) is 18.8 Å². The lowest BCUT2D eigenvalue weighted by Crippen LogP contribution is -2.53. The largest absolute Gasteiger partial charge is 0.460 e. The molecule has 0 saturated carbocycles. The van der Waals surface area contributed by atoms with E-state index in [2.05, 4.69) is 23.2 Å².